The van der Waals surface area contributed by atoms with Crippen LogP contribution >= 0.6 is 0 Å². The van der Waals surface area contributed by atoms with Gasteiger partial charge in [0.2, 0.25) is 0 Å². The Balaban J connectivity index is 2.22. The summed E-state index contributed by atoms with van der Waals surface area (Å²) < 4.78 is 34.7. The van der Waals surface area contributed by atoms with Crippen molar-refractivity contribution in [3.8, 4) is 11.5 Å². The predicted molar refractivity (Wildman–Crippen MR) is 106 cm³/mol. The summed E-state index contributed by atoms with van der Waals surface area (Å²) in [6.45, 7) is 5.09. The number of carbonyl (C=O) groups is 1. The molecule has 6 nitrogen and oxygen atoms in total. The second-order valence-corrected chi connectivity index (χ2v) is 8.13. The number of nitrogens with one attached hydrogen (secondary N) is 1. The number of amides is 1. The SMILES string of the molecule is CCCOc1ccc(C(=O)Nc2cccc(S(C)(=O)=O)c2)cc1OCCC. The molecule has 0 bridgehead atoms. The minimum atomic E-state index is -3.35. The molecule has 146 valence electrons. The molecule has 1 N–H and O–H groups in total. The summed E-state index contributed by atoms with van der Waals surface area (Å²) in [4.78, 5) is 12.7. The molecule has 0 aliphatic carbocycles. The quantitative estimate of drug-likeness (QED) is 0.701. The topological polar surface area (TPSA) is 81.7 Å². The van der Waals surface area contributed by atoms with Crippen molar-refractivity contribution >= 4 is 21.4 Å². The molecule has 0 aliphatic rings. The summed E-state index contributed by atoms with van der Waals surface area (Å²) in [7, 11) is -3.35. The Bertz CT molecular complexity index is 893. The zero-order valence-electron chi connectivity index (χ0n) is 15.8. The average molecular weight is 391 g/mol. The number of ether oxygens (including phenoxy) is 2. The van der Waals surface area contributed by atoms with Gasteiger partial charge in [0.05, 0.1) is 18.1 Å². The first-order chi connectivity index (χ1) is 12.8. The summed E-state index contributed by atoms with van der Waals surface area (Å²) in [6, 6.07) is 11.1. The molecule has 2 aromatic carbocycles. The number of rotatable bonds is 9. The molecule has 2 rings (SSSR count). The minimum absolute atomic E-state index is 0.149. The van der Waals surface area contributed by atoms with Gasteiger partial charge < -0.3 is 14.8 Å². The van der Waals surface area contributed by atoms with Crippen LogP contribution in [0.2, 0.25) is 0 Å². The zero-order valence-corrected chi connectivity index (χ0v) is 16.6. The molecule has 0 aromatic heterocycles. The number of hydrogen-bond donors (Lipinski definition) is 1. The predicted octanol–water partition coefficient (Wildman–Crippen LogP) is 3.92. The summed E-state index contributed by atoms with van der Waals surface area (Å²) >= 11 is 0. The monoisotopic (exact) mass is 391 g/mol. The van der Waals surface area contributed by atoms with Gasteiger partial charge in [-0.25, -0.2) is 8.42 Å². The van der Waals surface area contributed by atoms with Crippen molar-refractivity contribution in [2.45, 2.75) is 31.6 Å². The molecule has 0 aliphatic heterocycles. The Labute approximate surface area is 160 Å². The zero-order chi connectivity index (χ0) is 19.9. The second-order valence-electron chi connectivity index (χ2n) is 6.11. The third kappa shape index (κ3) is 5.99. The molecule has 0 saturated heterocycles. The maximum absolute atomic E-state index is 12.6. The largest absolute Gasteiger partial charge is 0.490 e. The van der Waals surface area contributed by atoms with Crippen LogP contribution in [0.15, 0.2) is 47.4 Å². The maximum Gasteiger partial charge on any atom is 0.255 e. The third-order valence-electron chi connectivity index (χ3n) is 3.65. The summed E-state index contributed by atoms with van der Waals surface area (Å²) in [5, 5.41) is 2.72. The van der Waals surface area contributed by atoms with E-state index in [9.17, 15) is 13.2 Å². The van der Waals surface area contributed by atoms with Gasteiger partial charge in [0, 0.05) is 17.5 Å². The number of anilines is 1. The lowest BCUT2D eigenvalue weighted by Gasteiger charge is -2.14. The fourth-order valence-electron chi connectivity index (χ4n) is 2.31. The highest BCUT2D eigenvalue weighted by Crippen LogP contribution is 2.29. The summed E-state index contributed by atoms with van der Waals surface area (Å²) in [5.74, 6) is 0.757. The fourth-order valence-corrected chi connectivity index (χ4v) is 2.98. The maximum atomic E-state index is 12.6. The Morgan fingerprint density at radius 1 is 0.963 bits per heavy atom. The molecule has 0 spiro atoms. The molecular formula is C20H25NO5S. The van der Waals surface area contributed by atoms with Gasteiger partial charge in [-0.05, 0) is 49.2 Å². The second kappa shape index (κ2) is 9.41. The van der Waals surface area contributed by atoms with Crippen LogP contribution in [0.25, 0.3) is 0 Å². The lowest BCUT2D eigenvalue weighted by atomic mass is 10.1. The Kier molecular flexibility index (Phi) is 7.24. The summed E-state index contributed by atoms with van der Waals surface area (Å²) in [6.07, 6.45) is 2.83. The van der Waals surface area contributed by atoms with Gasteiger partial charge in [-0.1, -0.05) is 19.9 Å². The van der Waals surface area contributed by atoms with Crippen LogP contribution in [0, 0.1) is 0 Å². The van der Waals surface area contributed by atoms with Crippen LogP contribution in [-0.2, 0) is 9.84 Å². The summed E-state index contributed by atoms with van der Waals surface area (Å²) in [5.41, 5.74) is 0.806. The first-order valence-corrected chi connectivity index (χ1v) is 10.8. The van der Waals surface area contributed by atoms with E-state index < -0.39 is 9.84 Å². The number of benzene rings is 2. The van der Waals surface area contributed by atoms with Crippen LogP contribution < -0.4 is 14.8 Å². The highest BCUT2D eigenvalue weighted by atomic mass is 32.2. The van der Waals surface area contributed by atoms with Gasteiger partial charge in [0.25, 0.3) is 5.91 Å². The smallest absolute Gasteiger partial charge is 0.255 e. The standard InChI is InChI=1S/C20H25NO5S/c1-4-11-25-18-10-9-15(13-19(18)26-12-5-2)20(22)21-16-7-6-8-17(14-16)27(3,23)24/h6-10,13-14H,4-5,11-12H2,1-3H3,(H,21,22). The molecule has 1 amide bonds. The lowest BCUT2D eigenvalue weighted by molar-refractivity contribution is 0.102. The third-order valence-corrected chi connectivity index (χ3v) is 4.76. The molecule has 0 atom stereocenters. The van der Waals surface area contributed by atoms with Crippen LogP contribution in [0.4, 0.5) is 5.69 Å². The van der Waals surface area contributed by atoms with Gasteiger partial charge in [-0.2, -0.15) is 0 Å². The van der Waals surface area contributed by atoms with Crippen molar-refractivity contribution in [1.29, 1.82) is 0 Å². The Morgan fingerprint density at radius 3 is 2.26 bits per heavy atom. The molecule has 0 fully saturated rings. The van der Waals surface area contributed by atoms with E-state index in [0.29, 0.717) is 36.0 Å². The van der Waals surface area contributed by atoms with E-state index in [1.807, 2.05) is 13.8 Å². The average Bonchev–Trinajstić information content (AvgIpc) is 2.64. The van der Waals surface area contributed by atoms with Crippen molar-refractivity contribution in [1.82, 2.24) is 0 Å². The molecule has 0 heterocycles. The number of hydrogen-bond acceptors (Lipinski definition) is 5. The molecule has 27 heavy (non-hydrogen) atoms. The van der Waals surface area contributed by atoms with E-state index in [1.54, 1.807) is 30.3 Å². The Hall–Kier alpha value is -2.54. The van der Waals surface area contributed by atoms with E-state index in [0.717, 1.165) is 19.1 Å². The van der Waals surface area contributed by atoms with Gasteiger partial charge in [-0.15, -0.1) is 0 Å². The molecule has 2 aromatic rings. The Morgan fingerprint density at radius 2 is 1.63 bits per heavy atom. The molecule has 0 unspecified atom stereocenters. The lowest BCUT2D eigenvalue weighted by Crippen LogP contribution is -2.13. The van der Waals surface area contributed by atoms with Gasteiger partial charge >= 0.3 is 0 Å². The first-order valence-electron chi connectivity index (χ1n) is 8.86. The molecule has 7 heteroatoms. The molecular weight excluding hydrogens is 366 g/mol. The normalized spacial score (nSPS) is 11.1. The minimum Gasteiger partial charge on any atom is -0.490 e. The molecule has 0 radical (unpaired) electrons. The van der Waals surface area contributed by atoms with E-state index in [4.69, 9.17) is 9.47 Å². The number of sulfone groups is 1. The first kappa shape index (κ1) is 20.8. The van der Waals surface area contributed by atoms with Crippen molar-refractivity contribution < 1.29 is 22.7 Å². The van der Waals surface area contributed by atoms with Crippen molar-refractivity contribution in [2.24, 2.45) is 0 Å². The van der Waals surface area contributed by atoms with Crippen LogP contribution in [0.1, 0.15) is 37.0 Å². The van der Waals surface area contributed by atoms with Crippen molar-refractivity contribution in [3.63, 3.8) is 0 Å². The molecule has 0 saturated carbocycles. The van der Waals surface area contributed by atoms with Crippen LogP contribution in [0.3, 0.4) is 0 Å². The van der Waals surface area contributed by atoms with Gasteiger partial charge in [0.1, 0.15) is 0 Å². The van der Waals surface area contributed by atoms with E-state index in [1.165, 1.54) is 12.1 Å². The van der Waals surface area contributed by atoms with Crippen molar-refractivity contribution in [2.75, 3.05) is 24.8 Å². The van der Waals surface area contributed by atoms with Gasteiger partial charge in [0.15, 0.2) is 21.3 Å². The van der Waals surface area contributed by atoms with E-state index in [2.05, 4.69) is 5.32 Å². The van der Waals surface area contributed by atoms with Crippen LogP contribution in [0.5, 0.6) is 11.5 Å². The highest BCUT2D eigenvalue weighted by Gasteiger charge is 2.13. The van der Waals surface area contributed by atoms with Crippen molar-refractivity contribution in [3.05, 3.63) is 48.0 Å². The van der Waals surface area contributed by atoms with E-state index >= 15 is 0 Å². The van der Waals surface area contributed by atoms with E-state index in [-0.39, 0.29) is 10.8 Å². The fraction of sp³-hybridized carbons (Fsp3) is 0.350. The van der Waals surface area contributed by atoms with Crippen LogP contribution in [-0.4, -0.2) is 33.8 Å². The number of carbonyl (C=O) groups excluding carboxylic acids is 1. The van der Waals surface area contributed by atoms with Gasteiger partial charge in [-0.3, -0.25) is 4.79 Å². The highest BCUT2D eigenvalue weighted by molar-refractivity contribution is 7.90.